The van der Waals surface area contributed by atoms with E-state index in [0.717, 1.165) is 16.7 Å². The molecule has 8 heteroatoms. The predicted molar refractivity (Wildman–Crippen MR) is 123 cm³/mol. The molecular weight excluding hydrogens is 412 g/mol. The molecule has 0 unspecified atom stereocenters. The number of thiophene rings is 1. The van der Waals surface area contributed by atoms with Crippen molar-refractivity contribution >= 4 is 44.7 Å². The first-order valence-corrected chi connectivity index (χ1v) is 10.5. The molecule has 7 nitrogen and oxygen atoms in total. The van der Waals surface area contributed by atoms with E-state index >= 15 is 0 Å². The molecule has 2 amide bonds. The molecule has 0 fully saturated rings. The van der Waals surface area contributed by atoms with Crippen LogP contribution in [-0.4, -0.2) is 21.4 Å². The zero-order valence-electron chi connectivity index (χ0n) is 17.0. The fourth-order valence-electron chi connectivity index (χ4n) is 3.22. The molecule has 31 heavy (non-hydrogen) atoms. The number of fused-ring (bicyclic) bond motifs is 1. The Morgan fingerprint density at radius 1 is 1.00 bits per heavy atom. The smallest absolute Gasteiger partial charge is 0.263 e. The maximum atomic E-state index is 13.1. The Bertz CT molecular complexity index is 1320. The first kappa shape index (κ1) is 20.5. The van der Waals surface area contributed by atoms with Crippen molar-refractivity contribution in [1.82, 2.24) is 9.55 Å². The third kappa shape index (κ3) is 4.54. The molecule has 2 heterocycles. The van der Waals surface area contributed by atoms with Gasteiger partial charge in [0.1, 0.15) is 11.4 Å². The van der Waals surface area contributed by atoms with E-state index in [4.69, 9.17) is 0 Å². The number of nitrogens with zero attached hydrogens (tertiary/aromatic N) is 2. The molecule has 0 aliphatic carbocycles. The number of amides is 2. The fourth-order valence-corrected chi connectivity index (χ4v) is 4.13. The van der Waals surface area contributed by atoms with E-state index in [1.807, 2.05) is 36.6 Å². The Morgan fingerprint density at radius 2 is 1.65 bits per heavy atom. The van der Waals surface area contributed by atoms with Crippen LogP contribution in [0.1, 0.15) is 12.5 Å². The molecule has 2 aromatic carbocycles. The second-order valence-corrected chi connectivity index (χ2v) is 8.04. The summed E-state index contributed by atoms with van der Waals surface area (Å²) in [4.78, 5) is 41.7. The summed E-state index contributed by atoms with van der Waals surface area (Å²) in [5, 5.41) is 7.86. The summed E-state index contributed by atoms with van der Waals surface area (Å²) < 4.78 is 1.31. The highest BCUT2D eigenvalue weighted by atomic mass is 32.1. The Hall–Kier alpha value is -3.78. The molecule has 156 valence electrons. The Labute approximate surface area is 182 Å². The van der Waals surface area contributed by atoms with Gasteiger partial charge in [-0.2, -0.15) is 0 Å². The molecule has 2 aromatic heterocycles. The van der Waals surface area contributed by atoms with E-state index < -0.39 is 0 Å². The SMILES string of the molecule is CC(=O)Nc1ccc(NC(=O)Cn2cnc3scc(-c4ccc(C)cc4)c3c2=O)cc1. The van der Waals surface area contributed by atoms with E-state index in [0.29, 0.717) is 21.6 Å². The minimum Gasteiger partial charge on any atom is -0.326 e. The number of nitrogens with one attached hydrogen (secondary N) is 2. The van der Waals surface area contributed by atoms with E-state index in [1.54, 1.807) is 24.3 Å². The Morgan fingerprint density at radius 3 is 2.29 bits per heavy atom. The average Bonchev–Trinajstić information content (AvgIpc) is 3.17. The van der Waals surface area contributed by atoms with Crippen molar-refractivity contribution in [3.63, 3.8) is 0 Å². The highest BCUT2D eigenvalue weighted by molar-refractivity contribution is 7.17. The number of carbonyl (C=O) groups is 2. The van der Waals surface area contributed by atoms with E-state index in [2.05, 4.69) is 15.6 Å². The number of benzene rings is 2. The lowest BCUT2D eigenvalue weighted by molar-refractivity contribution is -0.117. The molecule has 0 aliphatic heterocycles. The first-order chi connectivity index (χ1) is 14.9. The quantitative estimate of drug-likeness (QED) is 0.498. The van der Waals surface area contributed by atoms with Crippen LogP contribution in [0.25, 0.3) is 21.3 Å². The van der Waals surface area contributed by atoms with Crippen molar-refractivity contribution in [2.24, 2.45) is 0 Å². The number of hydrogen-bond donors (Lipinski definition) is 2. The van der Waals surface area contributed by atoms with E-state index in [1.165, 1.54) is 29.2 Å². The zero-order valence-corrected chi connectivity index (χ0v) is 17.8. The topological polar surface area (TPSA) is 93.1 Å². The van der Waals surface area contributed by atoms with E-state index in [-0.39, 0.29) is 23.9 Å². The molecule has 0 radical (unpaired) electrons. The van der Waals surface area contributed by atoms with Crippen LogP contribution in [0.15, 0.2) is 65.0 Å². The first-order valence-electron chi connectivity index (χ1n) is 9.62. The van der Waals surface area contributed by atoms with Crippen molar-refractivity contribution in [1.29, 1.82) is 0 Å². The summed E-state index contributed by atoms with van der Waals surface area (Å²) in [5.41, 5.74) is 3.85. The van der Waals surface area contributed by atoms with Gasteiger partial charge in [0, 0.05) is 29.2 Å². The van der Waals surface area contributed by atoms with Gasteiger partial charge < -0.3 is 10.6 Å². The predicted octanol–water partition coefficient (Wildman–Crippen LogP) is 4.03. The Kier molecular flexibility index (Phi) is 5.64. The van der Waals surface area contributed by atoms with Crippen LogP contribution in [0.2, 0.25) is 0 Å². The molecule has 0 bridgehead atoms. The van der Waals surface area contributed by atoms with Crippen molar-refractivity contribution in [3.05, 3.63) is 76.2 Å². The van der Waals surface area contributed by atoms with Gasteiger partial charge >= 0.3 is 0 Å². The van der Waals surface area contributed by atoms with Gasteiger partial charge in [-0.1, -0.05) is 29.8 Å². The van der Waals surface area contributed by atoms with Crippen molar-refractivity contribution in [3.8, 4) is 11.1 Å². The number of carbonyl (C=O) groups excluding carboxylic acids is 2. The number of aromatic nitrogens is 2. The van der Waals surface area contributed by atoms with Crippen molar-refractivity contribution < 1.29 is 9.59 Å². The standard InChI is InChI=1S/C23H20N4O3S/c1-14-3-5-16(6-4-14)19-12-31-22-21(19)23(30)27(13-24-22)11-20(29)26-18-9-7-17(8-10-18)25-15(2)28/h3-10,12-13H,11H2,1-2H3,(H,25,28)(H,26,29). The highest BCUT2D eigenvalue weighted by Gasteiger charge is 2.15. The summed E-state index contributed by atoms with van der Waals surface area (Å²) in [6.07, 6.45) is 1.40. The van der Waals surface area contributed by atoms with Crippen LogP contribution in [0, 0.1) is 6.92 Å². The highest BCUT2D eigenvalue weighted by Crippen LogP contribution is 2.30. The average molecular weight is 433 g/mol. The van der Waals surface area contributed by atoms with Crippen LogP contribution in [0.5, 0.6) is 0 Å². The number of aryl methyl sites for hydroxylation is 1. The van der Waals surface area contributed by atoms with Crippen LogP contribution >= 0.6 is 11.3 Å². The summed E-state index contributed by atoms with van der Waals surface area (Å²) in [5.74, 6) is -0.514. The normalized spacial score (nSPS) is 10.8. The molecule has 0 saturated carbocycles. The molecule has 0 atom stereocenters. The summed E-state index contributed by atoms with van der Waals surface area (Å²) in [6, 6.07) is 14.7. The van der Waals surface area contributed by atoms with Crippen LogP contribution in [0.4, 0.5) is 11.4 Å². The largest absolute Gasteiger partial charge is 0.326 e. The summed E-state index contributed by atoms with van der Waals surface area (Å²) in [7, 11) is 0. The van der Waals surface area contributed by atoms with Crippen LogP contribution in [-0.2, 0) is 16.1 Å². The number of rotatable bonds is 5. The second kappa shape index (κ2) is 8.53. The summed E-state index contributed by atoms with van der Waals surface area (Å²) in [6.45, 7) is 3.28. The van der Waals surface area contributed by atoms with Crippen molar-refractivity contribution in [2.45, 2.75) is 20.4 Å². The molecule has 4 rings (SSSR count). The maximum Gasteiger partial charge on any atom is 0.263 e. The lowest BCUT2D eigenvalue weighted by Gasteiger charge is -2.09. The third-order valence-corrected chi connectivity index (χ3v) is 5.61. The number of anilines is 2. The monoisotopic (exact) mass is 432 g/mol. The molecule has 0 aliphatic rings. The van der Waals surface area contributed by atoms with Gasteiger partial charge in [0.2, 0.25) is 11.8 Å². The van der Waals surface area contributed by atoms with Crippen molar-refractivity contribution in [2.75, 3.05) is 10.6 Å². The van der Waals surface area contributed by atoms with Crippen LogP contribution < -0.4 is 16.2 Å². The van der Waals surface area contributed by atoms with Gasteiger partial charge in [0.05, 0.1) is 11.7 Å². The van der Waals surface area contributed by atoms with Gasteiger partial charge in [-0.25, -0.2) is 4.98 Å². The fraction of sp³-hybridized carbons (Fsp3) is 0.130. The molecule has 4 aromatic rings. The molecule has 0 spiro atoms. The van der Waals surface area contributed by atoms with Gasteiger partial charge in [0.15, 0.2) is 0 Å². The number of hydrogen-bond acceptors (Lipinski definition) is 5. The molecule has 0 saturated heterocycles. The molecular formula is C23H20N4O3S. The van der Waals surface area contributed by atoms with Gasteiger partial charge in [-0.15, -0.1) is 11.3 Å². The third-order valence-electron chi connectivity index (χ3n) is 4.73. The van der Waals surface area contributed by atoms with Gasteiger partial charge in [-0.05, 0) is 36.8 Å². The lowest BCUT2D eigenvalue weighted by atomic mass is 10.1. The molecule has 2 N–H and O–H groups in total. The lowest BCUT2D eigenvalue weighted by Crippen LogP contribution is -2.27. The minimum atomic E-state index is -0.345. The van der Waals surface area contributed by atoms with Crippen LogP contribution in [0.3, 0.4) is 0 Å². The summed E-state index contributed by atoms with van der Waals surface area (Å²) >= 11 is 1.41. The Balaban J connectivity index is 1.56. The van der Waals surface area contributed by atoms with E-state index in [9.17, 15) is 14.4 Å². The van der Waals surface area contributed by atoms with Gasteiger partial charge in [0.25, 0.3) is 5.56 Å². The van der Waals surface area contributed by atoms with Gasteiger partial charge in [-0.3, -0.25) is 19.0 Å². The second-order valence-electron chi connectivity index (χ2n) is 7.18. The zero-order chi connectivity index (χ0) is 22.0. The maximum absolute atomic E-state index is 13.1. The minimum absolute atomic E-state index is 0.154.